The lowest BCUT2D eigenvalue weighted by molar-refractivity contribution is 0.201. The molecule has 1 aromatic heterocycles. The lowest BCUT2D eigenvalue weighted by Crippen LogP contribution is -2.48. The van der Waals surface area contributed by atoms with Gasteiger partial charge >= 0.3 is 0 Å². The highest BCUT2D eigenvalue weighted by Gasteiger charge is 2.17. The summed E-state index contributed by atoms with van der Waals surface area (Å²) >= 11 is 1.84. The molecule has 1 aliphatic heterocycles. The van der Waals surface area contributed by atoms with Crippen LogP contribution in [0.15, 0.2) is 6.20 Å². The van der Waals surface area contributed by atoms with Gasteiger partial charge in [-0.3, -0.25) is 4.90 Å². The molecule has 0 aromatic carbocycles. The van der Waals surface area contributed by atoms with Gasteiger partial charge in [-0.15, -0.1) is 11.3 Å². The molecule has 0 spiro atoms. The minimum Gasteiger partial charge on any atom is -0.349 e. The number of anilines is 1. The average molecular weight is 268 g/mol. The van der Waals surface area contributed by atoms with Crippen molar-refractivity contribution in [2.24, 2.45) is 0 Å². The van der Waals surface area contributed by atoms with Crippen molar-refractivity contribution in [2.75, 3.05) is 37.6 Å². The summed E-state index contributed by atoms with van der Waals surface area (Å²) in [6, 6.07) is 0.605. The van der Waals surface area contributed by atoms with Gasteiger partial charge in [0.25, 0.3) is 0 Å². The molecule has 2 heterocycles. The van der Waals surface area contributed by atoms with Gasteiger partial charge in [0.1, 0.15) is 0 Å². The predicted molar refractivity (Wildman–Crippen MR) is 78.4 cm³/mol. The van der Waals surface area contributed by atoms with E-state index in [-0.39, 0.29) is 0 Å². The third-order valence-electron chi connectivity index (χ3n) is 3.41. The first-order valence-corrected chi connectivity index (χ1v) is 7.70. The molecule has 1 fully saturated rings. The summed E-state index contributed by atoms with van der Waals surface area (Å²) in [5.74, 6) is 0. The Bertz CT molecular complexity index is 362. The molecule has 0 bridgehead atoms. The van der Waals surface area contributed by atoms with Crippen LogP contribution in [0.1, 0.15) is 25.6 Å². The second kappa shape index (κ2) is 6.50. The Morgan fingerprint density at radius 3 is 2.94 bits per heavy atom. The molecular weight excluding hydrogens is 244 g/mol. The molecule has 1 aromatic rings. The summed E-state index contributed by atoms with van der Waals surface area (Å²) in [6.07, 6.45) is 2.05. The maximum atomic E-state index is 4.54. The van der Waals surface area contributed by atoms with E-state index in [1.165, 1.54) is 4.88 Å². The molecule has 0 saturated carbocycles. The number of aromatic nitrogens is 1. The number of nitrogens with zero attached hydrogens (tertiary/aromatic N) is 3. The first-order valence-electron chi connectivity index (χ1n) is 6.88. The first kappa shape index (κ1) is 13.8. The van der Waals surface area contributed by atoms with Gasteiger partial charge in [-0.2, -0.15) is 0 Å². The molecule has 4 nitrogen and oxygen atoms in total. The molecule has 0 amide bonds. The van der Waals surface area contributed by atoms with Crippen molar-refractivity contribution < 1.29 is 0 Å². The molecule has 18 heavy (non-hydrogen) atoms. The van der Waals surface area contributed by atoms with Gasteiger partial charge in [0.05, 0.1) is 0 Å². The van der Waals surface area contributed by atoms with Crippen molar-refractivity contribution >= 4 is 16.5 Å². The van der Waals surface area contributed by atoms with E-state index in [9.17, 15) is 0 Å². The molecule has 1 saturated heterocycles. The largest absolute Gasteiger partial charge is 0.349 e. The summed E-state index contributed by atoms with van der Waals surface area (Å²) < 4.78 is 0. The van der Waals surface area contributed by atoms with E-state index in [1.807, 2.05) is 17.5 Å². The molecular formula is C13H24N4S. The van der Waals surface area contributed by atoms with Crippen LogP contribution < -0.4 is 10.2 Å². The molecule has 102 valence electrons. The quantitative estimate of drug-likeness (QED) is 0.882. The molecule has 0 aliphatic carbocycles. The van der Waals surface area contributed by atoms with Crippen molar-refractivity contribution in [3.63, 3.8) is 0 Å². The fourth-order valence-electron chi connectivity index (χ4n) is 2.39. The summed E-state index contributed by atoms with van der Waals surface area (Å²) in [7, 11) is 0. The van der Waals surface area contributed by atoms with Crippen LogP contribution in [0.3, 0.4) is 0 Å². The van der Waals surface area contributed by atoms with E-state index in [0.717, 1.165) is 44.4 Å². The van der Waals surface area contributed by atoms with E-state index < -0.39 is 0 Å². The minimum atomic E-state index is 0.605. The molecule has 2 rings (SSSR count). The normalized spacial score (nSPS) is 21.2. The van der Waals surface area contributed by atoms with Crippen LogP contribution in [-0.2, 0) is 6.54 Å². The Hall–Kier alpha value is -0.650. The Balaban J connectivity index is 1.93. The average Bonchev–Trinajstić information content (AvgIpc) is 2.79. The van der Waals surface area contributed by atoms with Crippen molar-refractivity contribution in [3.8, 4) is 0 Å². The molecule has 0 radical (unpaired) electrons. The van der Waals surface area contributed by atoms with Crippen LogP contribution in [0.2, 0.25) is 0 Å². The molecule has 1 N–H and O–H groups in total. The summed E-state index contributed by atoms with van der Waals surface area (Å²) in [5, 5.41) is 4.64. The third kappa shape index (κ3) is 3.43. The maximum Gasteiger partial charge on any atom is 0.185 e. The van der Waals surface area contributed by atoms with Crippen molar-refractivity contribution in [2.45, 2.75) is 33.4 Å². The number of hydrogen-bond donors (Lipinski definition) is 1. The van der Waals surface area contributed by atoms with Gasteiger partial charge in [0.2, 0.25) is 0 Å². The highest BCUT2D eigenvalue weighted by atomic mass is 32.1. The van der Waals surface area contributed by atoms with E-state index in [0.29, 0.717) is 6.04 Å². The fourth-order valence-corrected chi connectivity index (χ4v) is 3.47. The van der Waals surface area contributed by atoms with Crippen LogP contribution >= 0.6 is 11.3 Å². The van der Waals surface area contributed by atoms with Crippen LogP contribution in [-0.4, -0.2) is 48.6 Å². The van der Waals surface area contributed by atoms with Gasteiger partial charge in [-0.25, -0.2) is 4.98 Å². The zero-order chi connectivity index (χ0) is 13.0. The van der Waals surface area contributed by atoms with Crippen molar-refractivity contribution in [3.05, 3.63) is 11.1 Å². The van der Waals surface area contributed by atoms with Crippen LogP contribution in [0, 0.1) is 0 Å². The molecule has 1 unspecified atom stereocenters. The second-order valence-electron chi connectivity index (χ2n) is 4.87. The van der Waals surface area contributed by atoms with Gasteiger partial charge in [0, 0.05) is 56.4 Å². The Morgan fingerprint density at radius 1 is 1.50 bits per heavy atom. The van der Waals surface area contributed by atoms with Crippen molar-refractivity contribution in [1.82, 2.24) is 15.2 Å². The Labute approximate surface area is 114 Å². The zero-order valence-corrected chi connectivity index (χ0v) is 12.5. The van der Waals surface area contributed by atoms with Crippen LogP contribution in [0.4, 0.5) is 5.13 Å². The lowest BCUT2D eigenvalue weighted by atomic mass is 10.2. The molecule has 1 aliphatic rings. The standard InChI is InChI=1S/C13H24N4S/c1-4-17(5-2)13-15-8-12(18-13)10-16-7-6-14-11(3)9-16/h8,11,14H,4-7,9-10H2,1-3H3. The third-order valence-corrected chi connectivity index (χ3v) is 4.45. The number of rotatable bonds is 5. The van der Waals surface area contributed by atoms with Gasteiger partial charge < -0.3 is 10.2 Å². The van der Waals surface area contributed by atoms with E-state index in [4.69, 9.17) is 0 Å². The van der Waals surface area contributed by atoms with Gasteiger partial charge in [-0.05, 0) is 20.8 Å². The van der Waals surface area contributed by atoms with Crippen LogP contribution in [0.25, 0.3) is 0 Å². The van der Waals surface area contributed by atoms with E-state index in [1.54, 1.807) is 0 Å². The predicted octanol–water partition coefficient (Wildman–Crippen LogP) is 1.78. The van der Waals surface area contributed by atoms with Gasteiger partial charge in [-0.1, -0.05) is 0 Å². The summed E-state index contributed by atoms with van der Waals surface area (Å²) in [4.78, 5) is 10.8. The second-order valence-corrected chi connectivity index (χ2v) is 5.97. The summed E-state index contributed by atoms with van der Waals surface area (Å²) in [5.41, 5.74) is 0. The first-order chi connectivity index (χ1) is 8.72. The number of hydrogen-bond acceptors (Lipinski definition) is 5. The minimum absolute atomic E-state index is 0.605. The van der Waals surface area contributed by atoms with Crippen LogP contribution in [0.5, 0.6) is 0 Å². The number of thiazole rings is 1. The zero-order valence-electron chi connectivity index (χ0n) is 11.6. The lowest BCUT2D eigenvalue weighted by Gasteiger charge is -2.31. The Kier molecular flexibility index (Phi) is 4.97. The topological polar surface area (TPSA) is 31.4 Å². The molecule has 1 atom stereocenters. The SMILES string of the molecule is CCN(CC)c1ncc(CN2CCNC(C)C2)s1. The fraction of sp³-hybridized carbons (Fsp3) is 0.769. The monoisotopic (exact) mass is 268 g/mol. The number of piperazine rings is 1. The molecule has 5 heteroatoms. The highest BCUT2D eigenvalue weighted by molar-refractivity contribution is 7.15. The van der Waals surface area contributed by atoms with Gasteiger partial charge in [0.15, 0.2) is 5.13 Å². The highest BCUT2D eigenvalue weighted by Crippen LogP contribution is 2.23. The smallest absolute Gasteiger partial charge is 0.185 e. The Morgan fingerprint density at radius 2 is 2.28 bits per heavy atom. The van der Waals surface area contributed by atoms with Crippen molar-refractivity contribution in [1.29, 1.82) is 0 Å². The number of nitrogens with one attached hydrogen (secondary N) is 1. The van der Waals surface area contributed by atoms with E-state index >= 15 is 0 Å². The van der Waals surface area contributed by atoms with E-state index in [2.05, 4.69) is 40.9 Å². The maximum absolute atomic E-state index is 4.54. The summed E-state index contributed by atoms with van der Waals surface area (Å²) in [6.45, 7) is 13.1.